The molecular formula is C23H24F2N2O2. The van der Waals surface area contributed by atoms with E-state index < -0.39 is 12.7 Å². The molecule has 0 saturated heterocycles. The second-order valence-electron chi connectivity index (χ2n) is 6.94. The number of nitrogens with zero attached hydrogens (tertiary/aromatic N) is 1. The van der Waals surface area contributed by atoms with Gasteiger partial charge >= 0.3 is 6.61 Å². The first-order valence-corrected chi connectivity index (χ1v) is 9.58. The minimum absolute atomic E-state index is 0.0781. The molecule has 152 valence electrons. The Morgan fingerprint density at radius 3 is 2.52 bits per heavy atom. The van der Waals surface area contributed by atoms with Crippen LogP contribution in [0.2, 0.25) is 0 Å². The maximum atomic E-state index is 12.8. The molecule has 1 amide bonds. The van der Waals surface area contributed by atoms with E-state index >= 15 is 0 Å². The highest BCUT2D eigenvalue weighted by Crippen LogP contribution is 2.29. The van der Waals surface area contributed by atoms with Gasteiger partial charge in [0.25, 0.3) is 0 Å². The lowest BCUT2D eigenvalue weighted by Crippen LogP contribution is -2.30. The van der Waals surface area contributed by atoms with E-state index in [1.54, 1.807) is 18.2 Å². The first kappa shape index (κ1) is 20.7. The molecule has 1 unspecified atom stereocenters. The Labute approximate surface area is 168 Å². The third-order valence-electron chi connectivity index (χ3n) is 5.08. The average Bonchev–Trinajstić information content (AvgIpc) is 2.69. The highest BCUT2D eigenvalue weighted by Gasteiger charge is 2.20. The van der Waals surface area contributed by atoms with Gasteiger partial charge in [-0.15, -0.1) is 0 Å². The molecule has 1 atom stereocenters. The molecule has 29 heavy (non-hydrogen) atoms. The second kappa shape index (κ2) is 8.99. The summed E-state index contributed by atoms with van der Waals surface area (Å²) < 4.78 is 30.1. The Balaban J connectivity index is 1.83. The highest BCUT2D eigenvalue weighted by molar-refractivity contribution is 5.86. The van der Waals surface area contributed by atoms with Crippen LogP contribution in [-0.2, 0) is 11.2 Å². The first-order chi connectivity index (χ1) is 13.9. The predicted molar refractivity (Wildman–Crippen MR) is 109 cm³/mol. The molecule has 3 rings (SSSR count). The van der Waals surface area contributed by atoms with Gasteiger partial charge in [0.15, 0.2) is 0 Å². The van der Waals surface area contributed by atoms with Crippen LogP contribution < -0.4 is 10.1 Å². The third-order valence-corrected chi connectivity index (χ3v) is 5.08. The molecule has 0 aliphatic carbocycles. The van der Waals surface area contributed by atoms with Gasteiger partial charge in [0.1, 0.15) is 5.75 Å². The zero-order chi connectivity index (χ0) is 21.0. The normalized spacial score (nSPS) is 12.2. The smallest absolute Gasteiger partial charge is 0.387 e. The van der Waals surface area contributed by atoms with E-state index in [1.165, 1.54) is 6.07 Å². The number of alkyl halides is 2. The SMILES string of the molecule is CCC(NC(=O)Cc1c(C)nc2ccccc2c1C)c1ccccc1OC(F)F. The molecule has 1 N–H and O–H groups in total. The van der Waals surface area contributed by atoms with Crippen molar-refractivity contribution in [3.63, 3.8) is 0 Å². The molecule has 0 aliphatic rings. The Hall–Kier alpha value is -3.02. The standard InChI is InChI=1S/C23H24F2N2O2/c1-4-19(17-10-6-8-12-21(17)29-23(24)25)27-22(28)13-18-14(2)16-9-5-7-11-20(16)26-15(18)3/h5-12,19,23H,4,13H2,1-3H3,(H,27,28). The van der Waals surface area contributed by atoms with Crippen LogP contribution in [0.3, 0.4) is 0 Å². The minimum atomic E-state index is -2.92. The molecular weight excluding hydrogens is 374 g/mol. The molecule has 0 fully saturated rings. The fraction of sp³-hybridized carbons (Fsp3) is 0.304. The number of carbonyl (C=O) groups is 1. The van der Waals surface area contributed by atoms with Crippen LogP contribution in [0.4, 0.5) is 8.78 Å². The van der Waals surface area contributed by atoms with Crippen LogP contribution >= 0.6 is 0 Å². The Morgan fingerprint density at radius 1 is 1.10 bits per heavy atom. The van der Waals surface area contributed by atoms with Gasteiger partial charge in [0.05, 0.1) is 18.0 Å². The van der Waals surface area contributed by atoms with Crippen LogP contribution in [0.5, 0.6) is 5.75 Å². The number of rotatable bonds is 7. The van der Waals surface area contributed by atoms with E-state index in [1.807, 2.05) is 45.0 Å². The van der Waals surface area contributed by atoms with E-state index in [2.05, 4.69) is 15.0 Å². The van der Waals surface area contributed by atoms with Crippen molar-refractivity contribution in [2.75, 3.05) is 0 Å². The zero-order valence-electron chi connectivity index (χ0n) is 16.7. The Kier molecular flexibility index (Phi) is 6.42. The quantitative estimate of drug-likeness (QED) is 0.590. The number of nitrogens with one attached hydrogen (secondary N) is 1. The van der Waals surface area contributed by atoms with Gasteiger partial charge < -0.3 is 10.1 Å². The van der Waals surface area contributed by atoms with Crippen molar-refractivity contribution < 1.29 is 18.3 Å². The maximum Gasteiger partial charge on any atom is 0.387 e. The number of amides is 1. The number of aromatic nitrogens is 1. The van der Waals surface area contributed by atoms with Crippen molar-refractivity contribution in [3.8, 4) is 5.75 Å². The van der Waals surface area contributed by atoms with E-state index in [0.717, 1.165) is 27.7 Å². The van der Waals surface area contributed by atoms with Crippen molar-refractivity contribution in [3.05, 3.63) is 70.9 Å². The third kappa shape index (κ3) is 4.70. The number of benzene rings is 2. The molecule has 0 spiro atoms. The predicted octanol–water partition coefficient (Wildman–Crippen LogP) is 5.26. The summed E-state index contributed by atoms with van der Waals surface area (Å²) in [5.41, 5.74) is 4.15. The number of fused-ring (bicyclic) bond motifs is 1. The molecule has 2 aromatic carbocycles. The number of hydrogen-bond acceptors (Lipinski definition) is 3. The number of hydrogen-bond donors (Lipinski definition) is 1. The van der Waals surface area contributed by atoms with Crippen molar-refractivity contribution >= 4 is 16.8 Å². The molecule has 3 aromatic rings. The summed E-state index contributed by atoms with van der Waals surface area (Å²) in [7, 11) is 0. The monoisotopic (exact) mass is 398 g/mol. The lowest BCUT2D eigenvalue weighted by Gasteiger charge is -2.21. The van der Waals surface area contributed by atoms with Gasteiger partial charge in [-0.3, -0.25) is 9.78 Å². The van der Waals surface area contributed by atoms with Crippen LogP contribution in [0, 0.1) is 13.8 Å². The van der Waals surface area contributed by atoms with Gasteiger partial charge in [-0.1, -0.05) is 43.3 Å². The van der Waals surface area contributed by atoms with Crippen molar-refractivity contribution in [2.24, 2.45) is 0 Å². The molecule has 0 bridgehead atoms. The number of para-hydroxylation sites is 2. The van der Waals surface area contributed by atoms with Gasteiger partial charge in [-0.2, -0.15) is 8.78 Å². The summed E-state index contributed by atoms with van der Waals surface area (Å²) >= 11 is 0. The summed E-state index contributed by atoms with van der Waals surface area (Å²) in [5.74, 6) is -0.110. The number of ether oxygens (including phenoxy) is 1. The number of aryl methyl sites for hydroxylation is 2. The molecule has 1 heterocycles. The van der Waals surface area contributed by atoms with Gasteiger partial charge in [-0.05, 0) is 43.5 Å². The number of pyridine rings is 1. The molecule has 0 radical (unpaired) electrons. The largest absolute Gasteiger partial charge is 0.434 e. The van der Waals surface area contributed by atoms with Gasteiger partial charge in [-0.25, -0.2) is 0 Å². The molecule has 4 nitrogen and oxygen atoms in total. The summed E-state index contributed by atoms with van der Waals surface area (Å²) in [4.78, 5) is 17.4. The van der Waals surface area contributed by atoms with E-state index in [9.17, 15) is 13.6 Å². The van der Waals surface area contributed by atoms with Gasteiger partial charge in [0.2, 0.25) is 5.91 Å². The molecule has 1 aromatic heterocycles. The zero-order valence-corrected chi connectivity index (χ0v) is 16.7. The van der Waals surface area contributed by atoms with Crippen LogP contribution in [-0.4, -0.2) is 17.5 Å². The molecule has 0 saturated carbocycles. The van der Waals surface area contributed by atoms with Gasteiger partial charge in [0, 0.05) is 16.6 Å². The second-order valence-corrected chi connectivity index (χ2v) is 6.94. The molecule has 6 heteroatoms. The van der Waals surface area contributed by atoms with Crippen LogP contribution in [0.15, 0.2) is 48.5 Å². The van der Waals surface area contributed by atoms with E-state index in [-0.39, 0.29) is 18.1 Å². The minimum Gasteiger partial charge on any atom is -0.434 e. The van der Waals surface area contributed by atoms with E-state index in [0.29, 0.717) is 12.0 Å². The summed E-state index contributed by atoms with van der Waals surface area (Å²) in [6.45, 7) is 2.85. The number of halogens is 2. The van der Waals surface area contributed by atoms with Crippen molar-refractivity contribution in [1.29, 1.82) is 0 Å². The van der Waals surface area contributed by atoms with E-state index in [4.69, 9.17) is 0 Å². The summed E-state index contributed by atoms with van der Waals surface area (Å²) in [6, 6.07) is 13.9. The van der Waals surface area contributed by atoms with Crippen molar-refractivity contribution in [1.82, 2.24) is 10.3 Å². The Morgan fingerprint density at radius 2 is 1.79 bits per heavy atom. The first-order valence-electron chi connectivity index (χ1n) is 9.58. The highest BCUT2D eigenvalue weighted by atomic mass is 19.3. The molecule has 0 aliphatic heterocycles. The fourth-order valence-corrected chi connectivity index (χ4v) is 3.61. The maximum absolute atomic E-state index is 12.8. The summed E-state index contributed by atoms with van der Waals surface area (Å²) in [6.07, 6.45) is 0.715. The summed E-state index contributed by atoms with van der Waals surface area (Å²) in [5, 5.41) is 3.97. The van der Waals surface area contributed by atoms with Crippen LogP contribution in [0.1, 0.15) is 41.8 Å². The van der Waals surface area contributed by atoms with Crippen LogP contribution in [0.25, 0.3) is 10.9 Å². The average molecular weight is 398 g/mol. The Bertz CT molecular complexity index is 1020. The fourth-order valence-electron chi connectivity index (χ4n) is 3.61. The van der Waals surface area contributed by atoms with Crippen molar-refractivity contribution in [2.45, 2.75) is 46.3 Å². The lowest BCUT2D eigenvalue weighted by atomic mass is 9.98. The topological polar surface area (TPSA) is 51.2 Å². The number of carbonyl (C=O) groups excluding carboxylic acids is 1. The lowest BCUT2D eigenvalue weighted by molar-refractivity contribution is -0.121.